The highest BCUT2D eigenvalue weighted by Gasteiger charge is 2.14. The van der Waals surface area contributed by atoms with Gasteiger partial charge in [-0.05, 0) is 43.3 Å². The predicted molar refractivity (Wildman–Crippen MR) is 77.5 cm³/mol. The summed E-state index contributed by atoms with van der Waals surface area (Å²) in [6.07, 6.45) is 0. The van der Waals surface area contributed by atoms with Crippen LogP contribution in [0.1, 0.15) is 5.69 Å². The summed E-state index contributed by atoms with van der Waals surface area (Å²) in [6, 6.07) is 10.7. The van der Waals surface area contributed by atoms with Gasteiger partial charge in [0.25, 0.3) is 0 Å². The average molecular weight is 293 g/mol. The molecule has 0 spiro atoms. The zero-order valence-electron chi connectivity index (χ0n) is 10.1. The first-order valence-electron chi connectivity index (χ1n) is 5.70. The number of nitrogens with zero attached hydrogens (tertiary/aromatic N) is 2. The fourth-order valence-corrected chi connectivity index (χ4v) is 2.53. The van der Waals surface area contributed by atoms with Crippen LogP contribution in [0.5, 0.6) is 5.75 Å². The molecule has 0 aliphatic rings. The third kappa shape index (κ3) is 1.95. The molecule has 0 aliphatic carbocycles. The lowest BCUT2D eigenvalue weighted by Crippen LogP contribution is -1.97. The molecule has 1 heterocycles. The zero-order chi connectivity index (χ0) is 13.6. The summed E-state index contributed by atoms with van der Waals surface area (Å²) in [5.74, 6) is 0.0629. The third-order valence-corrected chi connectivity index (χ3v) is 3.69. The van der Waals surface area contributed by atoms with Crippen molar-refractivity contribution in [2.75, 3.05) is 0 Å². The van der Waals surface area contributed by atoms with E-state index in [4.69, 9.17) is 23.2 Å². The molecule has 0 amide bonds. The second-order valence-electron chi connectivity index (χ2n) is 4.27. The number of aromatic hydroxyl groups is 1. The zero-order valence-corrected chi connectivity index (χ0v) is 11.6. The number of phenolic OH excluding ortho intramolecular Hbond substituents is 1. The van der Waals surface area contributed by atoms with E-state index in [0.717, 1.165) is 22.3 Å². The largest absolute Gasteiger partial charge is 0.506 e. The summed E-state index contributed by atoms with van der Waals surface area (Å²) >= 11 is 12.0. The lowest BCUT2D eigenvalue weighted by Gasteiger charge is -2.04. The van der Waals surface area contributed by atoms with Crippen molar-refractivity contribution in [1.29, 1.82) is 0 Å². The molecule has 0 bridgehead atoms. The predicted octanol–water partition coefficient (Wildman–Crippen LogP) is 4.35. The fraction of sp³-hybridized carbons (Fsp3) is 0.0714. The van der Waals surface area contributed by atoms with Crippen LogP contribution in [0.4, 0.5) is 0 Å². The van der Waals surface area contributed by atoms with Gasteiger partial charge in [0, 0.05) is 10.4 Å². The van der Waals surface area contributed by atoms with Crippen LogP contribution in [0.2, 0.25) is 10.0 Å². The van der Waals surface area contributed by atoms with Gasteiger partial charge < -0.3 is 5.11 Å². The van der Waals surface area contributed by atoms with Crippen LogP contribution in [0.15, 0.2) is 36.4 Å². The molecule has 0 fully saturated rings. The molecule has 19 heavy (non-hydrogen) atoms. The van der Waals surface area contributed by atoms with Crippen molar-refractivity contribution >= 4 is 34.1 Å². The Morgan fingerprint density at radius 1 is 1.05 bits per heavy atom. The summed E-state index contributed by atoms with van der Waals surface area (Å²) in [5.41, 5.74) is 2.52. The number of hydrogen-bond donors (Lipinski definition) is 1. The minimum Gasteiger partial charge on any atom is -0.506 e. The highest BCUT2D eigenvalue weighted by Crippen LogP contribution is 2.34. The molecule has 3 rings (SSSR count). The van der Waals surface area contributed by atoms with Gasteiger partial charge in [0.1, 0.15) is 5.75 Å². The monoisotopic (exact) mass is 292 g/mol. The first-order valence-corrected chi connectivity index (χ1v) is 6.46. The first kappa shape index (κ1) is 12.3. The number of aryl methyl sites for hydroxylation is 1. The second-order valence-corrected chi connectivity index (χ2v) is 5.08. The van der Waals surface area contributed by atoms with Crippen molar-refractivity contribution < 1.29 is 5.11 Å². The highest BCUT2D eigenvalue weighted by molar-refractivity contribution is 6.37. The number of halogens is 2. The van der Waals surface area contributed by atoms with Gasteiger partial charge in [-0.1, -0.05) is 23.2 Å². The lowest BCUT2D eigenvalue weighted by molar-refractivity contribution is 0.476. The van der Waals surface area contributed by atoms with E-state index < -0.39 is 0 Å². The fourth-order valence-electron chi connectivity index (χ4n) is 2.10. The van der Waals surface area contributed by atoms with Gasteiger partial charge in [-0.2, -0.15) is 5.10 Å². The normalized spacial score (nSPS) is 11.1. The Labute approximate surface area is 120 Å². The molecule has 0 radical (unpaired) electrons. The van der Waals surface area contributed by atoms with Crippen LogP contribution in [-0.2, 0) is 0 Å². The SMILES string of the molecule is Cc1c2c(Cl)c(O)ccc2nn1-c1ccc(Cl)cc1. The molecule has 1 aromatic heterocycles. The van der Waals surface area contributed by atoms with Crippen LogP contribution < -0.4 is 0 Å². The molecule has 0 saturated heterocycles. The Morgan fingerprint density at radius 3 is 2.42 bits per heavy atom. The molecule has 2 aromatic carbocycles. The summed E-state index contributed by atoms with van der Waals surface area (Å²) in [4.78, 5) is 0. The third-order valence-electron chi connectivity index (χ3n) is 3.06. The van der Waals surface area contributed by atoms with E-state index in [2.05, 4.69) is 5.10 Å². The van der Waals surface area contributed by atoms with E-state index in [9.17, 15) is 5.11 Å². The maximum absolute atomic E-state index is 9.67. The lowest BCUT2D eigenvalue weighted by atomic mass is 10.2. The van der Waals surface area contributed by atoms with Gasteiger partial charge >= 0.3 is 0 Å². The van der Waals surface area contributed by atoms with Gasteiger partial charge in [-0.15, -0.1) is 0 Å². The molecule has 0 aliphatic heterocycles. The number of phenols is 1. The van der Waals surface area contributed by atoms with E-state index in [-0.39, 0.29) is 5.75 Å². The summed E-state index contributed by atoms with van der Waals surface area (Å²) in [5, 5.41) is 15.9. The average Bonchev–Trinajstić information content (AvgIpc) is 2.73. The highest BCUT2D eigenvalue weighted by atomic mass is 35.5. The van der Waals surface area contributed by atoms with Crippen LogP contribution >= 0.6 is 23.2 Å². The van der Waals surface area contributed by atoms with Gasteiger partial charge in [0.2, 0.25) is 0 Å². The Balaban J connectivity index is 2.28. The Morgan fingerprint density at radius 2 is 1.74 bits per heavy atom. The van der Waals surface area contributed by atoms with Crippen molar-refractivity contribution in [3.05, 3.63) is 52.1 Å². The van der Waals surface area contributed by atoms with Crippen LogP contribution in [-0.4, -0.2) is 14.9 Å². The molecule has 1 N–H and O–H groups in total. The molecule has 3 aromatic rings. The van der Waals surface area contributed by atoms with Crippen LogP contribution in [0.25, 0.3) is 16.6 Å². The van der Waals surface area contributed by atoms with Crippen LogP contribution in [0.3, 0.4) is 0 Å². The Bertz CT molecular complexity index is 763. The van der Waals surface area contributed by atoms with Gasteiger partial charge in [0.05, 0.1) is 21.9 Å². The van der Waals surface area contributed by atoms with E-state index in [1.165, 1.54) is 0 Å². The van der Waals surface area contributed by atoms with Crippen molar-refractivity contribution in [1.82, 2.24) is 9.78 Å². The molecule has 0 unspecified atom stereocenters. The molecule has 5 heteroatoms. The number of benzene rings is 2. The number of hydrogen-bond acceptors (Lipinski definition) is 2. The standard InChI is InChI=1S/C14H10Cl2N2O/c1-8-13-11(6-7-12(19)14(13)16)17-18(8)10-4-2-9(15)3-5-10/h2-7,19H,1H3. The van der Waals surface area contributed by atoms with E-state index >= 15 is 0 Å². The molecular weight excluding hydrogens is 283 g/mol. The number of fused-ring (bicyclic) bond motifs is 1. The first-order chi connectivity index (χ1) is 9.08. The van der Waals surface area contributed by atoms with Crippen molar-refractivity contribution in [3.63, 3.8) is 0 Å². The van der Waals surface area contributed by atoms with E-state index in [1.54, 1.807) is 16.8 Å². The van der Waals surface area contributed by atoms with Gasteiger partial charge in [-0.3, -0.25) is 0 Å². The van der Waals surface area contributed by atoms with Crippen LogP contribution in [0, 0.1) is 6.92 Å². The quantitative estimate of drug-likeness (QED) is 0.724. The van der Waals surface area contributed by atoms with Gasteiger partial charge in [0.15, 0.2) is 0 Å². The molecule has 0 saturated carbocycles. The van der Waals surface area contributed by atoms with Crippen molar-refractivity contribution in [2.24, 2.45) is 0 Å². The van der Waals surface area contributed by atoms with Crippen molar-refractivity contribution in [2.45, 2.75) is 6.92 Å². The Kier molecular flexibility index (Phi) is 2.88. The minimum absolute atomic E-state index is 0.0629. The molecular formula is C14H10Cl2N2O. The second kappa shape index (κ2) is 4.44. The maximum atomic E-state index is 9.67. The smallest absolute Gasteiger partial charge is 0.135 e. The van der Waals surface area contributed by atoms with Gasteiger partial charge in [-0.25, -0.2) is 4.68 Å². The molecule has 96 valence electrons. The topological polar surface area (TPSA) is 38.1 Å². The number of aromatic nitrogens is 2. The number of rotatable bonds is 1. The van der Waals surface area contributed by atoms with Crippen molar-refractivity contribution in [3.8, 4) is 11.4 Å². The van der Waals surface area contributed by atoms with E-state index in [0.29, 0.717) is 10.0 Å². The maximum Gasteiger partial charge on any atom is 0.135 e. The summed E-state index contributed by atoms with van der Waals surface area (Å²) in [7, 11) is 0. The Hall–Kier alpha value is -1.71. The summed E-state index contributed by atoms with van der Waals surface area (Å²) in [6.45, 7) is 1.91. The molecule has 3 nitrogen and oxygen atoms in total. The van der Waals surface area contributed by atoms with E-state index in [1.807, 2.05) is 31.2 Å². The summed E-state index contributed by atoms with van der Waals surface area (Å²) < 4.78 is 1.78. The minimum atomic E-state index is 0.0629. The molecule has 0 atom stereocenters.